The third kappa shape index (κ3) is 5.08. The molecule has 0 amide bonds. The zero-order valence-electron chi connectivity index (χ0n) is 10.5. The molecule has 0 saturated carbocycles. The van der Waals surface area contributed by atoms with Crippen LogP contribution in [0.4, 0.5) is 0 Å². The highest BCUT2D eigenvalue weighted by Crippen LogP contribution is 2.07. The van der Waals surface area contributed by atoms with Crippen molar-refractivity contribution in [2.75, 3.05) is 18.1 Å². The van der Waals surface area contributed by atoms with Crippen molar-refractivity contribution < 1.29 is 0 Å². The Balaban J connectivity index is 2.26. The summed E-state index contributed by atoms with van der Waals surface area (Å²) in [5.41, 5.74) is 1.41. The van der Waals surface area contributed by atoms with Gasteiger partial charge in [-0.15, -0.1) is 0 Å². The van der Waals surface area contributed by atoms with Gasteiger partial charge in [-0.3, -0.25) is 0 Å². The van der Waals surface area contributed by atoms with Crippen molar-refractivity contribution in [2.45, 2.75) is 39.8 Å². The van der Waals surface area contributed by atoms with Crippen LogP contribution in [0, 0.1) is 0 Å². The molecule has 0 fully saturated rings. The zero-order chi connectivity index (χ0) is 11.6. The summed E-state index contributed by atoms with van der Waals surface area (Å²) in [4.78, 5) is 0. The van der Waals surface area contributed by atoms with E-state index in [1.807, 2.05) is 11.8 Å². The van der Waals surface area contributed by atoms with E-state index in [0.29, 0.717) is 0 Å². The SMILES string of the molecule is CCCNCc1cccn1CCCSCC. The average Bonchev–Trinajstić information content (AvgIpc) is 2.73. The predicted molar refractivity (Wildman–Crippen MR) is 74.0 cm³/mol. The molecule has 0 aliphatic rings. The van der Waals surface area contributed by atoms with E-state index in [1.54, 1.807) is 0 Å². The minimum atomic E-state index is 1.00. The largest absolute Gasteiger partial charge is 0.350 e. The Morgan fingerprint density at radius 1 is 1.38 bits per heavy atom. The fraction of sp³-hybridized carbons (Fsp3) is 0.692. The molecule has 0 aliphatic carbocycles. The van der Waals surface area contributed by atoms with Crippen LogP contribution in [0.1, 0.15) is 32.4 Å². The molecule has 1 aromatic heterocycles. The van der Waals surface area contributed by atoms with Gasteiger partial charge in [-0.2, -0.15) is 11.8 Å². The van der Waals surface area contributed by atoms with E-state index in [-0.39, 0.29) is 0 Å². The van der Waals surface area contributed by atoms with Crippen LogP contribution in [0.5, 0.6) is 0 Å². The van der Waals surface area contributed by atoms with Crippen LogP contribution in [0.25, 0.3) is 0 Å². The number of aryl methyl sites for hydroxylation is 1. The third-order valence-corrected chi connectivity index (χ3v) is 3.53. The van der Waals surface area contributed by atoms with Gasteiger partial charge < -0.3 is 9.88 Å². The molecule has 0 aromatic carbocycles. The molecule has 3 heteroatoms. The number of aromatic nitrogens is 1. The van der Waals surface area contributed by atoms with E-state index in [9.17, 15) is 0 Å². The first-order chi connectivity index (χ1) is 7.88. The lowest BCUT2D eigenvalue weighted by molar-refractivity contribution is 0.601. The first-order valence-corrected chi connectivity index (χ1v) is 7.46. The standard InChI is InChI=1S/C13H24N2S/c1-3-8-14-12-13-7-5-9-15(13)10-6-11-16-4-2/h5,7,9,14H,3-4,6,8,10-12H2,1-2H3. The smallest absolute Gasteiger partial charge is 0.0359 e. The van der Waals surface area contributed by atoms with Crippen LogP contribution in [0.3, 0.4) is 0 Å². The average molecular weight is 240 g/mol. The second-order valence-electron chi connectivity index (χ2n) is 3.92. The lowest BCUT2D eigenvalue weighted by Gasteiger charge is -2.09. The van der Waals surface area contributed by atoms with Crippen LogP contribution >= 0.6 is 11.8 Å². The highest BCUT2D eigenvalue weighted by molar-refractivity contribution is 7.99. The van der Waals surface area contributed by atoms with Crippen molar-refractivity contribution in [3.63, 3.8) is 0 Å². The van der Waals surface area contributed by atoms with E-state index < -0.39 is 0 Å². The quantitative estimate of drug-likeness (QED) is 0.668. The minimum absolute atomic E-state index is 1.00. The third-order valence-electron chi connectivity index (χ3n) is 2.55. The van der Waals surface area contributed by atoms with Crippen molar-refractivity contribution in [2.24, 2.45) is 0 Å². The van der Waals surface area contributed by atoms with Gasteiger partial charge in [-0.05, 0) is 43.0 Å². The molecule has 0 radical (unpaired) electrons. The number of nitrogens with zero attached hydrogens (tertiary/aromatic N) is 1. The molecule has 1 rings (SSSR count). The molecule has 0 unspecified atom stereocenters. The number of rotatable bonds is 9. The van der Waals surface area contributed by atoms with Crippen molar-refractivity contribution in [3.8, 4) is 0 Å². The van der Waals surface area contributed by atoms with Crippen molar-refractivity contribution in [3.05, 3.63) is 24.0 Å². The Labute approximate surface area is 104 Å². The molecule has 0 aliphatic heterocycles. The summed E-state index contributed by atoms with van der Waals surface area (Å²) >= 11 is 2.03. The Kier molecular flexibility index (Phi) is 7.43. The van der Waals surface area contributed by atoms with E-state index >= 15 is 0 Å². The number of thioether (sulfide) groups is 1. The number of hydrogen-bond acceptors (Lipinski definition) is 2. The summed E-state index contributed by atoms with van der Waals surface area (Å²) in [5.74, 6) is 2.51. The van der Waals surface area contributed by atoms with E-state index in [0.717, 1.165) is 19.6 Å². The maximum absolute atomic E-state index is 3.45. The second-order valence-corrected chi connectivity index (χ2v) is 5.31. The van der Waals surface area contributed by atoms with Gasteiger partial charge in [-0.1, -0.05) is 13.8 Å². The Morgan fingerprint density at radius 2 is 2.25 bits per heavy atom. The highest BCUT2D eigenvalue weighted by Gasteiger charge is 1.99. The molecular formula is C13H24N2S. The maximum atomic E-state index is 3.45. The molecule has 1 aromatic rings. The molecule has 0 atom stereocenters. The summed E-state index contributed by atoms with van der Waals surface area (Å²) in [6, 6.07) is 4.37. The normalized spacial score (nSPS) is 10.9. The lowest BCUT2D eigenvalue weighted by Crippen LogP contribution is -2.16. The lowest BCUT2D eigenvalue weighted by atomic mass is 10.4. The Bertz CT molecular complexity index is 271. The minimum Gasteiger partial charge on any atom is -0.350 e. The van der Waals surface area contributed by atoms with Crippen molar-refractivity contribution >= 4 is 11.8 Å². The monoisotopic (exact) mass is 240 g/mol. The van der Waals surface area contributed by atoms with Crippen molar-refractivity contribution in [1.82, 2.24) is 9.88 Å². The van der Waals surface area contributed by atoms with Gasteiger partial charge in [-0.25, -0.2) is 0 Å². The van der Waals surface area contributed by atoms with Crippen LogP contribution in [0.2, 0.25) is 0 Å². The van der Waals surface area contributed by atoms with Gasteiger partial charge in [0.2, 0.25) is 0 Å². The summed E-state index contributed by atoms with van der Waals surface area (Å²) < 4.78 is 2.37. The number of hydrogen-bond donors (Lipinski definition) is 1. The van der Waals surface area contributed by atoms with E-state index in [4.69, 9.17) is 0 Å². The first-order valence-electron chi connectivity index (χ1n) is 6.31. The second kappa shape index (κ2) is 8.71. The highest BCUT2D eigenvalue weighted by atomic mass is 32.2. The number of nitrogens with one attached hydrogen (secondary N) is 1. The van der Waals surface area contributed by atoms with Gasteiger partial charge in [0.25, 0.3) is 0 Å². The summed E-state index contributed by atoms with van der Waals surface area (Å²) in [7, 11) is 0. The van der Waals surface area contributed by atoms with Crippen LogP contribution in [-0.4, -0.2) is 22.6 Å². The van der Waals surface area contributed by atoms with E-state index in [1.165, 1.54) is 30.0 Å². The van der Waals surface area contributed by atoms with Crippen LogP contribution in [-0.2, 0) is 13.1 Å². The molecule has 1 N–H and O–H groups in total. The predicted octanol–water partition coefficient (Wildman–Crippen LogP) is 3.13. The maximum Gasteiger partial charge on any atom is 0.0359 e. The fourth-order valence-corrected chi connectivity index (χ4v) is 2.32. The van der Waals surface area contributed by atoms with Crippen LogP contribution in [0.15, 0.2) is 18.3 Å². The molecule has 0 bridgehead atoms. The zero-order valence-corrected chi connectivity index (χ0v) is 11.4. The van der Waals surface area contributed by atoms with Gasteiger partial charge in [0.15, 0.2) is 0 Å². The first kappa shape index (κ1) is 13.7. The summed E-state index contributed by atoms with van der Waals surface area (Å²) in [5, 5.41) is 3.45. The molecule has 0 spiro atoms. The molecule has 1 heterocycles. The molecule has 2 nitrogen and oxygen atoms in total. The van der Waals surface area contributed by atoms with Gasteiger partial charge >= 0.3 is 0 Å². The van der Waals surface area contributed by atoms with E-state index in [2.05, 4.69) is 42.1 Å². The Morgan fingerprint density at radius 3 is 3.00 bits per heavy atom. The summed E-state index contributed by atoms with van der Waals surface area (Å²) in [6.45, 7) is 7.69. The van der Waals surface area contributed by atoms with Crippen molar-refractivity contribution in [1.29, 1.82) is 0 Å². The van der Waals surface area contributed by atoms with Gasteiger partial charge in [0.1, 0.15) is 0 Å². The molecule has 92 valence electrons. The fourth-order valence-electron chi connectivity index (χ4n) is 1.70. The van der Waals surface area contributed by atoms with Gasteiger partial charge in [0, 0.05) is 25.0 Å². The topological polar surface area (TPSA) is 17.0 Å². The molecular weight excluding hydrogens is 216 g/mol. The van der Waals surface area contributed by atoms with Gasteiger partial charge in [0.05, 0.1) is 0 Å². The molecule has 16 heavy (non-hydrogen) atoms. The summed E-state index contributed by atoms with van der Waals surface area (Å²) in [6.07, 6.45) is 4.67. The Hall–Kier alpha value is -0.410. The molecule has 0 saturated heterocycles. The van der Waals surface area contributed by atoms with Crippen LogP contribution < -0.4 is 5.32 Å².